The molecule has 0 bridgehead atoms. The van der Waals surface area contributed by atoms with Crippen molar-refractivity contribution in [1.29, 1.82) is 0 Å². The summed E-state index contributed by atoms with van der Waals surface area (Å²) in [5.74, 6) is 0.914. The number of pyridine rings is 2. The van der Waals surface area contributed by atoms with Gasteiger partial charge in [-0.3, -0.25) is 14.2 Å². The smallest absolute Gasteiger partial charge is 0.146 e. The van der Waals surface area contributed by atoms with Crippen LogP contribution in [0.2, 0.25) is 0 Å². The minimum atomic E-state index is 0.00116. The molecule has 0 unspecified atom stereocenters. The number of H-pyrrole nitrogens is 1. The third-order valence-electron chi connectivity index (χ3n) is 10.1. The van der Waals surface area contributed by atoms with E-state index in [4.69, 9.17) is 15.1 Å². The predicted octanol–water partition coefficient (Wildman–Crippen LogP) is 11.0. The summed E-state index contributed by atoms with van der Waals surface area (Å²) < 4.78 is 4.59. The molecule has 6 heteroatoms. The molecule has 0 amide bonds. The number of rotatable bonds is 4. The van der Waals surface area contributed by atoms with Gasteiger partial charge in [-0.05, 0) is 97.5 Å². The van der Waals surface area contributed by atoms with Crippen molar-refractivity contribution in [3.63, 3.8) is 0 Å². The van der Waals surface area contributed by atoms with Gasteiger partial charge in [0.2, 0.25) is 0 Å². The van der Waals surface area contributed by atoms with E-state index in [1.807, 2.05) is 6.20 Å². The van der Waals surface area contributed by atoms with E-state index in [0.717, 1.165) is 61.6 Å². The molecule has 0 saturated carbocycles. The average Bonchev–Trinajstić information content (AvgIpc) is 3.80. The van der Waals surface area contributed by atoms with Gasteiger partial charge in [0.1, 0.15) is 11.5 Å². The molecule has 50 heavy (non-hydrogen) atoms. The third-order valence-corrected chi connectivity index (χ3v) is 10.1. The molecule has 0 fully saturated rings. The minimum Gasteiger partial charge on any atom is -0.294 e. The van der Waals surface area contributed by atoms with Gasteiger partial charge in [0.25, 0.3) is 0 Å². The molecule has 5 heterocycles. The number of benzene rings is 4. The van der Waals surface area contributed by atoms with Crippen molar-refractivity contribution in [2.75, 3.05) is 0 Å². The zero-order valence-corrected chi connectivity index (χ0v) is 29.2. The largest absolute Gasteiger partial charge is 0.294 e. The van der Waals surface area contributed by atoms with Gasteiger partial charge in [-0.1, -0.05) is 80.9 Å². The zero-order chi connectivity index (χ0) is 34.3. The number of nitrogens with one attached hydrogen (secondary N) is 1. The molecule has 5 aromatic heterocycles. The highest BCUT2D eigenvalue weighted by Gasteiger charge is 2.20. The van der Waals surface area contributed by atoms with Crippen LogP contribution in [0, 0.1) is 20.8 Å². The second kappa shape index (κ2) is 11.0. The van der Waals surface area contributed by atoms with E-state index in [9.17, 15) is 0 Å². The number of nitrogens with zero attached hydrogens (tertiary/aromatic N) is 5. The second-order valence-electron chi connectivity index (χ2n) is 14.6. The van der Waals surface area contributed by atoms with Crippen LogP contribution in [-0.2, 0) is 5.41 Å². The fraction of sp³-hybridized carbons (Fsp3) is 0.159. The quantitative estimate of drug-likeness (QED) is 0.206. The number of fused-ring (bicyclic) bond motifs is 6. The lowest BCUT2D eigenvalue weighted by molar-refractivity contribution is 0.588. The van der Waals surface area contributed by atoms with Crippen molar-refractivity contribution < 1.29 is 0 Å². The SMILES string of the molecule is Cc1cc(C)c(-c2cc(-c3ccc4c5ccccc5n(-c5ccc6c7ccccc7n(-c7cc(C(C)(C)C)ccn7)c6c5)c4n3)[nH]n2)c(C)c1. The summed E-state index contributed by atoms with van der Waals surface area (Å²) in [7, 11) is 0. The highest BCUT2D eigenvalue weighted by Crippen LogP contribution is 2.38. The maximum atomic E-state index is 5.34. The molecule has 0 radical (unpaired) electrons. The van der Waals surface area contributed by atoms with Gasteiger partial charge in [0, 0.05) is 39.0 Å². The highest BCUT2D eigenvalue weighted by atomic mass is 15.1. The molecular formula is C44H38N6. The van der Waals surface area contributed by atoms with Crippen LogP contribution in [-0.4, -0.2) is 29.3 Å². The molecule has 0 saturated heterocycles. The van der Waals surface area contributed by atoms with Gasteiger partial charge >= 0.3 is 0 Å². The summed E-state index contributed by atoms with van der Waals surface area (Å²) in [5.41, 5.74) is 14.1. The Morgan fingerprint density at radius 2 is 1.26 bits per heavy atom. The first-order valence-corrected chi connectivity index (χ1v) is 17.2. The number of aromatic nitrogens is 6. The molecule has 4 aromatic carbocycles. The molecule has 0 atom stereocenters. The van der Waals surface area contributed by atoms with Crippen LogP contribution in [0.1, 0.15) is 43.0 Å². The van der Waals surface area contributed by atoms with Crippen molar-refractivity contribution in [3.8, 4) is 34.2 Å². The lowest BCUT2D eigenvalue weighted by atomic mass is 9.88. The molecular weight excluding hydrogens is 613 g/mol. The molecule has 6 nitrogen and oxygen atoms in total. The molecule has 244 valence electrons. The van der Waals surface area contributed by atoms with E-state index in [1.165, 1.54) is 38.6 Å². The predicted molar refractivity (Wildman–Crippen MR) is 207 cm³/mol. The van der Waals surface area contributed by atoms with E-state index in [1.54, 1.807) is 0 Å². The number of aromatic amines is 1. The molecule has 9 rings (SSSR count). The van der Waals surface area contributed by atoms with Crippen molar-refractivity contribution in [1.82, 2.24) is 29.3 Å². The van der Waals surface area contributed by atoms with Crippen LogP contribution in [0.5, 0.6) is 0 Å². The summed E-state index contributed by atoms with van der Waals surface area (Å²) in [4.78, 5) is 10.2. The maximum absolute atomic E-state index is 5.34. The van der Waals surface area contributed by atoms with E-state index >= 15 is 0 Å². The van der Waals surface area contributed by atoms with Crippen molar-refractivity contribution >= 4 is 43.7 Å². The molecule has 0 aliphatic heterocycles. The van der Waals surface area contributed by atoms with Crippen LogP contribution in [0.3, 0.4) is 0 Å². The lowest BCUT2D eigenvalue weighted by Crippen LogP contribution is -2.12. The minimum absolute atomic E-state index is 0.00116. The summed E-state index contributed by atoms with van der Waals surface area (Å²) in [6, 6.07) is 39.1. The fourth-order valence-electron chi connectivity index (χ4n) is 7.77. The molecule has 9 aromatic rings. The second-order valence-corrected chi connectivity index (χ2v) is 14.6. The topological polar surface area (TPSA) is 64.3 Å². The van der Waals surface area contributed by atoms with Crippen LogP contribution in [0.4, 0.5) is 0 Å². The fourth-order valence-corrected chi connectivity index (χ4v) is 7.77. The van der Waals surface area contributed by atoms with Crippen LogP contribution >= 0.6 is 0 Å². The van der Waals surface area contributed by atoms with Crippen LogP contribution < -0.4 is 0 Å². The van der Waals surface area contributed by atoms with Gasteiger partial charge < -0.3 is 0 Å². The highest BCUT2D eigenvalue weighted by molar-refractivity contribution is 6.11. The van der Waals surface area contributed by atoms with E-state index in [-0.39, 0.29) is 5.41 Å². The van der Waals surface area contributed by atoms with Crippen LogP contribution in [0.15, 0.2) is 115 Å². The van der Waals surface area contributed by atoms with E-state index < -0.39 is 0 Å². The number of aryl methyl sites for hydroxylation is 3. The van der Waals surface area contributed by atoms with E-state index in [0.29, 0.717) is 0 Å². The Hall–Kier alpha value is -6.01. The van der Waals surface area contributed by atoms with Crippen molar-refractivity contribution in [2.24, 2.45) is 0 Å². The molecule has 0 aliphatic carbocycles. The molecule has 0 spiro atoms. The monoisotopic (exact) mass is 650 g/mol. The van der Waals surface area contributed by atoms with Crippen molar-refractivity contribution in [3.05, 3.63) is 138 Å². The standard InChI is InChI=1S/C44H38N6/c1-26-21-27(2)42(28(3)22-26)37-25-36(47-48-37)35-18-17-34-32-12-8-9-13-38(32)49(43(34)46-35)30-15-16-33-31-11-7-10-14-39(31)50(40(33)24-30)41-23-29(19-20-45-41)44(4,5)6/h7-25H,1-6H3,(H,47,48). The Kier molecular flexibility index (Phi) is 6.62. The molecule has 0 aliphatic rings. The van der Waals surface area contributed by atoms with E-state index in [2.05, 4.69) is 165 Å². The Labute approximate surface area is 291 Å². The Bertz CT molecular complexity index is 2760. The lowest BCUT2D eigenvalue weighted by Gasteiger charge is -2.20. The first kappa shape index (κ1) is 30.1. The molecule has 1 N–H and O–H groups in total. The summed E-state index contributed by atoms with van der Waals surface area (Å²) >= 11 is 0. The normalized spacial score (nSPS) is 12.2. The number of para-hydroxylation sites is 2. The van der Waals surface area contributed by atoms with Gasteiger partial charge in [0.05, 0.1) is 33.6 Å². The first-order valence-electron chi connectivity index (χ1n) is 17.2. The summed E-state index contributed by atoms with van der Waals surface area (Å²) in [5, 5.41) is 12.7. The third kappa shape index (κ3) is 4.66. The van der Waals surface area contributed by atoms with Crippen LogP contribution in [0.25, 0.3) is 77.9 Å². The first-order chi connectivity index (χ1) is 24.2. The Morgan fingerprint density at radius 1 is 0.600 bits per heavy atom. The Balaban J connectivity index is 1.26. The number of hydrogen-bond donors (Lipinski definition) is 1. The van der Waals surface area contributed by atoms with Crippen molar-refractivity contribution in [2.45, 2.75) is 47.0 Å². The van der Waals surface area contributed by atoms with Gasteiger partial charge in [-0.25, -0.2) is 9.97 Å². The zero-order valence-electron chi connectivity index (χ0n) is 29.2. The maximum Gasteiger partial charge on any atom is 0.146 e. The summed E-state index contributed by atoms with van der Waals surface area (Å²) in [6.45, 7) is 13.2. The summed E-state index contributed by atoms with van der Waals surface area (Å²) in [6.07, 6.45) is 1.93. The van der Waals surface area contributed by atoms with Gasteiger partial charge in [-0.2, -0.15) is 5.10 Å². The average molecular weight is 651 g/mol. The van der Waals surface area contributed by atoms with Gasteiger partial charge in [-0.15, -0.1) is 0 Å². The number of hydrogen-bond acceptors (Lipinski definition) is 3. The Morgan fingerprint density at radius 3 is 2.00 bits per heavy atom. The van der Waals surface area contributed by atoms with Gasteiger partial charge in [0.15, 0.2) is 0 Å².